The first-order valence-electron chi connectivity index (χ1n) is 6.19. The van der Waals surface area contributed by atoms with Gasteiger partial charge in [0.25, 0.3) is 0 Å². The molecule has 0 radical (unpaired) electrons. The lowest BCUT2D eigenvalue weighted by atomic mass is 10.2. The molecule has 0 aromatic heterocycles. The second-order valence-electron chi connectivity index (χ2n) is 4.14. The van der Waals surface area contributed by atoms with E-state index in [0.717, 1.165) is 11.1 Å². The summed E-state index contributed by atoms with van der Waals surface area (Å²) in [5, 5.41) is 8.57. The maximum absolute atomic E-state index is 11.6. The third-order valence-electron chi connectivity index (χ3n) is 2.64. The molecule has 0 saturated carbocycles. The summed E-state index contributed by atoms with van der Waals surface area (Å²) < 4.78 is 5.16. The molecule has 0 bridgehead atoms. The van der Waals surface area contributed by atoms with Gasteiger partial charge in [0, 0.05) is 6.08 Å². The Bertz CT molecular complexity index is 637. The Balaban J connectivity index is 1.94. The summed E-state index contributed by atoms with van der Waals surface area (Å²) in [7, 11) is 0. The van der Waals surface area contributed by atoms with Crippen molar-refractivity contribution in [1.29, 1.82) is 5.26 Å². The van der Waals surface area contributed by atoms with Crippen molar-refractivity contribution in [3.05, 3.63) is 71.8 Å². The SMILES string of the molecule is N#CCc1ccc(OC(=O)/C=C/c2ccccc2)cc1. The summed E-state index contributed by atoms with van der Waals surface area (Å²) in [6.07, 6.45) is 3.44. The van der Waals surface area contributed by atoms with Crippen LogP contribution >= 0.6 is 0 Å². The summed E-state index contributed by atoms with van der Waals surface area (Å²) in [6, 6.07) is 18.5. The maximum Gasteiger partial charge on any atom is 0.336 e. The Labute approximate surface area is 117 Å². The molecule has 0 aliphatic heterocycles. The number of hydrogen-bond acceptors (Lipinski definition) is 3. The van der Waals surface area contributed by atoms with E-state index in [1.807, 2.05) is 30.3 Å². The molecule has 0 unspecified atom stereocenters. The number of carbonyl (C=O) groups excluding carboxylic acids is 1. The molecule has 0 N–H and O–H groups in total. The van der Waals surface area contributed by atoms with E-state index in [4.69, 9.17) is 10.00 Å². The Morgan fingerprint density at radius 3 is 2.45 bits per heavy atom. The topological polar surface area (TPSA) is 50.1 Å². The Kier molecular flexibility index (Phi) is 4.69. The fraction of sp³-hybridized carbons (Fsp3) is 0.0588. The molecular formula is C17H13NO2. The van der Waals surface area contributed by atoms with E-state index >= 15 is 0 Å². The largest absolute Gasteiger partial charge is 0.423 e. The first-order chi connectivity index (χ1) is 9.78. The van der Waals surface area contributed by atoms with Crippen LogP contribution in [0, 0.1) is 11.3 Å². The van der Waals surface area contributed by atoms with Crippen LogP contribution in [0.2, 0.25) is 0 Å². The number of rotatable bonds is 4. The van der Waals surface area contributed by atoms with Crippen molar-refractivity contribution in [3.63, 3.8) is 0 Å². The molecule has 0 saturated heterocycles. The lowest BCUT2D eigenvalue weighted by molar-refractivity contribution is -0.128. The molecule has 0 heterocycles. The summed E-state index contributed by atoms with van der Waals surface area (Å²) in [4.78, 5) is 11.6. The summed E-state index contributed by atoms with van der Waals surface area (Å²) >= 11 is 0. The second-order valence-corrected chi connectivity index (χ2v) is 4.14. The van der Waals surface area contributed by atoms with Crippen molar-refractivity contribution in [1.82, 2.24) is 0 Å². The van der Waals surface area contributed by atoms with Crippen LogP contribution in [0.15, 0.2) is 60.7 Å². The first-order valence-corrected chi connectivity index (χ1v) is 6.19. The number of benzene rings is 2. The highest BCUT2D eigenvalue weighted by Gasteiger charge is 2.00. The van der Waals surface area contributed by atoms with Crippen LogP contribution in [0.25, 0.3) is 6.08 Å². The van der Waals surface area contributed by atoms with Gasteiger partial charge in [-0.25, -0.2) is 4.79 Å². The molecule has 3 heteroatoms. The number of hydrogen-bond donors (Lipinski definition) is 0. The molecule has 0 aliphatic carbocycles. The normalized spacial score (nSPS) is 10.2. The zero-order valence-corrected chi connectivity index (χ0v) is 10.8. The van der Waals surface area contributed by atoms with Crippen molar-refractivity contribution >= 4 is 12.0 Å². The van der Waals surface area contributed by atoms with E-state index < -0.39 is 5.97 Å². The van der Waals surface area contributed by atoms with Gasteiger partial charge in [0.2, 0.25) is 0 Å². The van der Waals surface area contributed by atoms with Gasteiger partial charge in [0.05, 0.1) is 12.5 Å². The zero-order valence-electron chi connectivity index (χ0n) is 10.8. The van der Waals surface area contributed by atoms with Crippen LogP contribution in [0.3, 0.4) is 0 Å². The van der Waals surface area contributed by atoms with Crippen LogP contribution in [0.1, 0.15) is 11.1 Å². The Morgan fingerprint density at radius 1 is 1.10 bits per heavy atom. The standard InChI is InChI=1S/C17H13NO2/c18-13-12-15-6-9-16(10-7-15)20-17(19)11-8-14-4-2-1-3-5-14/h1-11H,12H2/b11-8+. The Hall–Kier alpha value is -2.86. The lowest BCUT2D eigenvalue weighted by Crippen LogP contribution is -2.03. The molecular weight excluding hydrogens is 250 g/mol. The molecule has 0 atom stereocenters. The van der Waals surface area contributed by atoms with Crippen molar-refractivity contribution in [2.24, 2.45) is 0 Å². The summed E-state index contributed by atoms with van der Waals surface area (Å²) in [5.41, 5.74) is 1.83. The van der Waals surface area contributed by atoms with Gasteiger partial charge >= 0.3 is 5.97 Å². The highest BCUT2D eigenvalue weighted by atomic mass is 16.5. The minimum absolute atomic E-state index is 0.349. The number of esters is 1. The van der Waals surface area contributed by atoms with Crippen LogP contribution in [0.5, 0.6) is 5.75 Å². The molecule has 0 fully saturated rings. The van der Waals surface area contributed by atoms with Crippen molar-refractivity contribution < 1.29 is 9.53 Å². The van der Waals surface area contributed by atoms with E-state index in [9.17, 15) is 4.79 Å². The van der Waals surface area contributed by atoms with Crippen LogP contribution in [0.4, 0.5) is 0 Å². The third-order valence-corrected chi connectivity index (χ3v) is 2.64. The van der Waals surface area contributed by atoms with Gasteiger partial charge in [-0.05, 0) is 29.3 Å². The molecule has 0 spiro atoms. The van der Waals surface area contributed by atoms with Gasteiger partial charge in [0.1, 0.15) is 5.75 Å². The number of nitriles is 1. The summed E-state index contributed by atoms with van der Waals surface area (Å²) in [5.74, 6) is 0.0382. The Morgan fingerprint density at radius 2 is 1.80 bits per heavy atom. The van der Waals surface area contributed by atoms with E-state index in [0.29, 0.717) is 12.2 Å². The van der Waals surface area contributed by atoms with Gasteiger partial charge in [-0.2, -0.15) is 5.26 Å². The third kappa shape index (κ3) is 4.11. The fourth-order valence-electron chi connectivity index (χ4n) is 1.65. The molecule has 20 heavy (non-hydrogen) atoms. The van der Waals surface area contributed by atoms with Crippen molar-refractivity contribution in [2.45, 2.75) is 6.42 Å². The second kappa shape index (κ2) is 6.91. The molecule has 98 valence electrons. The predicted molar refractivity (Wildman–Crippen MR) is 76.9 cm³/mol. The highest BCUT2D eigenvalue weighted by molar-refractivity contribution is 5.88. The van der Waals surface area contributed by atoms with Crippen molar-refractivity contribution in [2.75, 3.05) is 0 Å². The molecule has 3 nitrogen and oxygen atoms in total. The maximum atomic E-state index is 11.6. The quantitative estimate of drug-likeness (QED) is 0.482. The van der Waals surface area contributed by atoms with E-state index in [1.165, 1.54) is 6.08 Å². The number of ether oxygens (including phenoxy) is 1. The van der Waals surface area contributed by atoms with Crippen LogP contribution in [-0.4, -0.2) is 5.97 Å². The van der Waals surface area contributed by atoms with Gasteiger partial charge in [-0.15, -0.1) is 0 Å². The summed E-state index contributed by atoms with van der Waals surface area (Å²) in [6.45, 7) is 0. The van der Waals surface area contributed by atoms with E-state index in [2.05, 4.69) is 6.07 Å². The average molecular weight is 263 g/mol. The predicted octanol–water partition coefficient (Wildman–Crippen LogP) is 3.37. The minimum atomic E-state index is -0.429. The first kappa shape index (κ1) is 13.6. The smallest absolute Gasteiger partial charge is 0.336 e. The van der Waals surface area contributed by atoms with E-state index in [1.54, 1.807) is 30.3 Å². The van der Waals surface area contributed by atoms with Gasteiger partial charge < -0.3 is 4.74 Å². The molecule has 0 amide bonds. The number of nitrogens with zero attached hydrogens (tertiary/aromatic N) is 1. The fourth-order valence-corrected chi connectivity index (χ4v) is 1.65. The molecule has 0 aliphatic rings. The zero-order chi connectivity index (χ0) is 14.2. The monoisotopic (exact) mass is 263 g/mol. The van der Waals surface area contributed by atoms with Crippen LogP contribution < -0.4 is 4.74 Å². The molecule has 2 aromatic rings. The average Bonchev–Trinajstić information content (AvgIpc) is 2.49. The highest BCUT2D eigenvalue weighted by Crippen LogP contribution is 2.13. The molecule has 2 aromatic carbocycles. The molecule has 2 rings (SSSR count). The van der Waals surface area contributed by atoms with Crippen molar-refractivity contribution in [3.8, 4) is 11.8 Å². The lowest BCUT2D eigenvalue weighted by Gasteiger charge is -2.01. The van der Waals surface area contributed by atoms with Crippen LogP contribution in [-0.2, 0) is 11.2 Å². The van der Waals surface area contributed by atoms with Gasteiger partial charge in [-0.3, -0.25) is 0 Å². The van der Waals surface area contributed by atoms with E-state index in [-0.39, 0.29) is 0 Å². The van der Waals surface area contributed by atoms with Gasteiger partial charge in [0.15, 0.2) is 0 Å². The number of carbonyl (C=O) groups is 1. The van der Waals surface area contributed by atoms with Gasteiger partial charge in [-0.1, -0.05) is 42.5 Å². The minimum Gasteiger partial charge on any atom is -0.423 e.